The number of pyridine rings is 1. The fraction of sp³-hybridized carbons (Fsp3) is 0.200. The largest absolute Gasteiger partial charge is 0.481 e. The summed E-state index contributed by atoms with van der Waals surface area (Å²) in [4.78, 5) is 16.1. The van der Waals surface area contributed by atoms with E-state index in [4.69, 9.17) is 21.1 Å². The number of esters is 1. The van der Waals surface area contributed by atoms with Crippen LogP contribution in [-0.2, 0) is 9.53 Å². The Kier molecular flexibility index (Phi) is 5.00. The zero-order valence-corrected chi connectivity index (χ0v) is 12.4. The molecule has 0 saturated carbocycles. The minimum absolute atomic E-state index is 0.429. The van der Waals surface area contributed by atoms with Crippen molar-refractivity contribution < 1.29 is 14.3 Å². The molecule has 5 nitrogen and oxygen atoms in total. The fourth-order valence-corrected chi connectivity index (χ4v) is 2.00. The van der Waals surface area contributed by atoms with Gasteiger partial charge in [-0.1, -0.05) is 23.7 Å². The van der Waals surface area contributed by atoms with Gasteiger partial charge in [0.05, 0.1) is 24.9 Å². The van der Waals surface area contributed by atoms with Crippen molar-refractivity contribution in [1.82, 2.24) is 4.98 Å². The van der Waals surface area contributed by atoms with Gasteiger partial charge in [-0.15, -0.1) is 0 Å². The zero-order chi connectivity index (χ0) is 15.2. The molecular formula is C15H15ClN2O3. The number of carbonyl (C=O) groups is 1. The molecule has 0 spiro atoms. The number of halogens is 1. The van der Waals surface area contributed by atoms with Gasteiger partial charge in [-0.3, -0.25) is 0 Å². The second kappa shape index (κ2) is 6.95. The SMILES string of the molecule is COC(=O)C(Nc1ccccc1Cl)c1ccc(OC)nc1. The summed E-state index contributed by atoms with van der Waals surface area (Å²) in [7, 11) is 2.86. The molecule has 1 unspecified atom stereocenters. The van der Waals surface area contributed by atoms with E-state index < -0.39 is 12.0 Å². The van der Waals surface area contributed by atoms with Crippen molar-refractivity contribution >= 4 is 23.3 Å². The van der Waals surface area contributed by atoms with E-state index in [0.717, 1.165) is 0 Å². The molecule has 0 aliphatic heterocycles. The molecule has 110 valence electrons. The Morgan fingerprint density at radius 3 is 2.57 bits per heavy atom. The Morgan fingerprint density at radius 2 is 2.00 bits per heavy atom. The van der Waals surface area contributed by atoms with Gasteiger partial charge >= 0.3 is 5.97 Å². The highest BCUT2D eigenvalue weighted by atomic mass is 35.5. The van der Waals surface area contributed by atoms with E-state index in [-0.39, 0.29) is 0 Å². The molecule has 1 N–H and O–H groups in total. The Balaban J connectivity index is 2.30. The number of methoxy groups -OCH3 is 2. The number of carbonyl (C=O) groups excluding carboxylic acids is 1. The van der Waals surface area contributed by atoms with Gasteiger partial charge in [0.1, 0.15) is 0 Å². The summed E-state index contributed by atoms with van der Waals surface area (Å²) in [6.45, 7) is 0. The standard InChI is InChI=1S/C15H15ClN2O3/c1-20-13-8-7-10(9-17-13)14(15(19)21-2)18-12-6-4-3-5-11(12)16/h3-9,14,18H,1-2H3. The lowest BCUT2D eigenvalue weighted by molar-refractivity contribution is -0.141. The molecule has 1 heterocycles. The monoisotopic (exact) mass is 306 g/mol. The normalized spacial score (nSPS) is 11.6. The quantitative estimate of drug-likeness (QED) is 0.860. The number of benzene rings is 1. The van der Waals surface area contributed by atoms with E-state index in [2.05, 4.69) is 10.3 Å². The molecule has 1 atom stereocenters. The van der Waals surface area contributed by atoms with Crippen molar-refractivity contribution in [3.8, 4) is 5.88 Å². The topological polar surface area (TPSA) is 60.5 Å². The maximum absolute atomic E-state index is 12.0. The smallest absolute Gasteiger partial charge is 0.333 e. The Labute approximate surface area is 127 Å². The molecule has 0 bridgehead atoms. The molecule has 0 amide bonds. The van der Waals surface area contributed by atoms with Crippen LogP contribution < -0.4 is 10.1 Å². The maximum atomic E-state index is 12.0. The second-order valence-electron chi connectivity index (χ2n) is 4.21. The minimum Gasteiger partial charge on any atom is -0.481 e. The van der Waals surface area contributed by atoms with E-state index in [0.29, 0.717) is 22.2 Å². The summed E-state index contributed by atoms with van der Waals surface area (Å²) >= 11 is 6.10. The number of rotatable bonds is 5. The van der Waals surface area contributed by atoms with Gasteiger partial charge in [0.2, 0.25) is 5.88 Å². The summed E-state index contributed by atoms with van der Waals surface area (Å²) in [5.41, 5.74) is 1.30. The molecule has 1 aromatic heterocycles. The zero-order valence-electron chi connectivity index (χ0n) is 11.7. The average molecular weight is 307 g/mol. The van der Waals surface area contributed by atoms with Crippen LogP contribution in [0.4, 0.5) is 5.69 Å². The first-order chi connectivity index (χ1) is 10.2. The van der Waals surface area contributed by atoms with E-state index in [1.807, 2.05) is 12.1 Å². The maximum Gasteiger partial charge on any atom is 0.333 e. The van der Waals surface area contributed by atoms with Gasteiger partial charge in [0, 0.05) is 17.8 Å². The van der Waals surface area contributed by atoms with E-state index in [1.165, 1.54) is 14.2 Å². The van der Waals surface area contributed by atoms with Crippen LogP contribution in [0.15, 0.2) is 42.6 Å². The average Bonchev–Trinajstić information content (AvgIpc) is 2.53. The van der Waals surface area contributed by atoms with Crippen LogP contribution in [0.3, 0.4) is 0 Å². The van der Waals surface area contributed by atoms with Crippen LogP contribution in [-0.4, -0.2) is 25.2 Å². The van der Waals surface area contributed by atoms with Crippen molar-refractivity contribution in [1.29, 1.82) is 0 Å². The van der Waals surface area contributed by atoms with Crippen LogP contribution >= 0.6 is 11.6 Å². The highest BCUT2D eigenvalue weighted by Crippen LogP contribution is 2.27. The first kappa shape index (κ1) is 15.1. The highest BCUT2D eigenvalue weighted by Gasteiger charge is 2.22. The van der Waals surface area contributed by atoms with Crippen LogP contribution in [0.5, 0.6) is 5.88 Å². The van der Waals surface area contributed by atoms with E-state index in [9.17, 15) is 4.79 Å². The summed E-state index contributed by atoms with van der Waals surface area (Å²) in [5, 5.41) is 3.59. The third-order valence-electron chi connectivity index (χ3n) is 2.91. The molecule has 21 heavy (non-hydrogen) atoms. The summed E-state index contributed by atoms with van der Waals surface area (Å²) in [6, 6.07) is 9.90. The van der Waals surface area contributed by atoms with Gasteiger partial charge in [-0.05, 0) is 18.2 Å². The Bertz CT molecular complexity index is 617. The third kappa shape index (κ3) is 3.64. The number of hydrogen-bond donors (Lipinski definition) is 1. The molecule has 2 rings (SSSR count). The first-order valence-electron chi connectivity index (χ1n) is 6.24. The van der Waals surface area contributed by atoms with Gasteiger partial charge in [-0.25, -0.2) is 9.78 Å². The molecule has 2 aromatic rings. The summed E-state index contributed by atoms with van der Waals surface area (Å²) < 4.78 is 9.84. The van der Waals surface area contributed by atoms with Gasteiger partial charge in [0.15, 0.2) is 6.04 Å². The predicted molar refractivity (Wildman–Crippen MR) is 80.6 cm³/mol. The van der Waals surface area contributed by atoms with Crippen molar-refractivity contribution in [2.24, 2.45) is 0 Å². The van der Waals surface area contributed by atoms with E-state index >= 15 is 0 Å². The molecular weight excluding hydrogens is 292 g/mol. The highest BCUT2D eigenvalue weighted by molar-refractivity contribution is 6.33. The lowest BCUT2D eigenvalue weighted by atomic mass is 10.1. The van der Waals surface area contributed by atoms with Gasteiger partial charge in [-0.2, -0.15) is 0 Å². The Hall–Kier alpha value is -2.27. The fourth-order valence-electron chi connectivity index (χ4n) is 1.81. The van der Waals surface area contributed by atoms with Gasteiger partial charge in [0.25, 0.3) is 0 Å². The summed E-state index contributed by atoms with van der Waals surface area (Å²) in [6.07, 6.45) is 1.56. The molecule has 0 aliphatic rings. The number of hydrogen-bond acceptors (Lipinski definition) is 5. The van der Waals surface area contributed by atoms with Gasteiger partial charge < -0.3 is 14.8 Å². The molecule has 0 aliphatic carbocycles. The first-order valence-corrected chi connectivity index (χ1v) is 6.62. The molecule has 6 heteroatoms. The van der Waals surface area contributed by atoms with Crippen LogP contribution in [0.1, 0.15) is 11.6 Å². The van der Waals surface area contributed by atoms with Crippen molar-refractivity contribution in [3.63, 3.8) is 0 Å². The van der Waals surface area contributed by atoms with E-state index in [1.54, 1.807) is 30.5 Å². The number of nitrogens with zero attached hydrogens (tertiary/aromatic N) is 1. The number of nitrogens with one attached hydrogen (secondary N) is 1. The lowest BCUT2D eigenvalue weighted by Gasteiger charge is -2.18. The van der Waals surface area contributed by atoms with Crippen LogP contribution in [0, 0.1) is 0 Å². The predicted octanol–water partition coefficient (Wildman–Crippen LogP) is 3.07. The number of anilines is 1. The van der Waals surface area contributed by atoms with Crippen molar-refractivity contribution in [2.75, 3.05) is 19.5 Å². The lowest BCUT2D eigenvalue weighted by Crippen LogP contribution is -2.22. The molecule has 1 aromatic carbocycles. The van der Waals surface area contributed by atoms with Crippen molar-refractivity contribution in [2.45, 2.75) is 6.04 Å². The van der Waals surface area contributed by atoms with Crippen LogP contribution in [0.25, 0.3) is 0 Å². The molecule has 0 radical (unpaired) electrons. The number of para-hydroxylation sites is 1. The van der Waals surface area contributed by atoms with Crippen molar-refractivity contribution in [3.05, 3.63) is 53.2 Å². The Morgan fingerprint density at radius 1 is 1.24 bits per heavy atom. The number of ether oxygens (including phenoxy) is 2. The third-order valence-corrected chi connectivity index (χ3v) is 3.24. The molecule has 0 saturated heterocycles. The van der Waals surface area contributed by atoms with Crippen LogP contribution in [0.2, 0.25) is 5.02 Å². The summed E-state index contributed by atoms with van der Waals surface area (Å²) in [5.74, 6) is 0.0435. The minimum atomic E-state index is -0.701. The second-order valence-corrected chi connectivity index (χ2v) is 4.62. The molecule has 0 fully saturated rings. The number of aromatic nitrogens is 1.